The van der Waals surface area contributed by atoms with Gasteiger partial charge in [0.1, 0.15) is 0 Å². The van der Waals surface area contributed by atoms with Crippen molar-refractivity contribution in [3.63, 3.8) is 0 Å². The van der Waals surface area contributed by atoms with Crippen molar-refractivity contribution in [3.05, 3.63) is 24.3 Å². The molecule has 1 unspecified atom stereocenters. The van der Waals surface area contributed by atoms with Crippen LogP contribution in [0, 0.1) is 5.92 Å². The molecule has 78 valence electrons. The lowest BCUT2D eigenvalue weighted by Crippen LogP contribution is -2.43. The molecule has 1 fully saturated rings. The van der Waals surface area contributed by atoms with E-state index < -0.39 is 0 Å². The molecular formula is C11H18N2O. The van der Waals surface area contributed by atoms with Crippen LogP contribution in [0.15, 0.2) is 24.3 Å². The third-order valence-electron chi connectivity index (χ3n) is 2.62. The van der Waals surface area contributed by atoms with Crippen LogP contribution in [-0.4, -0.2) is 37.8 Å². The van der Waals surface area contributed by atoms with E-state index in [1.807, 2.05) is 0 Å². The summed E-state index contributed by atoms with van der Waals surface area (Å²) in [6.07, 6.45) is 9.74. The zero-order valence-corrected chi connectivity index (χ0v) is 8.48. The first-order valence-electron chi connectivity index (χ1n) is 5.37. The number of hydrogen-bond donors (Lipinski definition) is 1. The van der Waals surface area contributed by atoms with Crippen LogP contribution in [0.5, 0.6) is 0 Å². The SMILES string of the molecule is C1=CCC(CON2CCNCC2)C=C1. The first-order valence-corrected chi connectivity index (χ1v) is 5.37. The van der Waals surface area contributed by atoms with Gasteiger partial charge in [0.2, 0.25) is 0 Å². The molecule has 3 heteroatoms. The Morgan fingerprint density at radius 2 is 2.14 bits per heavy atom. The lowest BCUT2D eigenvalue weighted by atomic mass is 10.0. The Morgan fingerprint density at radius 1 is 1.29 bits per heavy atom. The number of hydroxylamine groups is 2. The molecule has 0 bridgehead atoms. The van der Waals surface area contributed by atoms with E-state index in [4.69, 9.17) is 4.84 Å². The second-order valence-electron chi connectivity index (χ2n) is 3.78. The molecule has 0 aromatic rings. The zero-order valence-electron chi connectivity index (χ0n) is 8.48. The van der Waals surface area contributed by atoms with Gasteiger partial charge in [0.25, 0.3) is 0 Å². The van der Waals surface area contributed by atoms with Gasteiger partial charge in [0.15, 0.2) is 0 Å². The molecule has 0 spiro atoms. The van der Waals surface area contributed by atoms with E-state index in [0.29, 0.717) is 5.92 Å². The Labute approximate surface area is 85.4 Å². The minimum atomic E-state index is 0.565. The number of rotatable bonds is 3. The maximum atomic E-state index is 5.73. The van der Waals surface area contributed by atoms with Gasteiger partial charge in [-0.2, -0.15) is 5.06 Å². The largest absolute Gasteiger partial charge is 0.314 e. The van der Waals surface area contributed by atoms with Gasteiger partial charge in [0, 0.05) is 32.1 Å². The van der Waals surface area contributed by atoms with Gasteiger partial charge in [0.05, 0.1) is 6.61 Å². The summed E-state index contributed by atoms with van der Waals surface area (Å²) < 4.78 is 0. The maximum Gasteiger partial charge on any atom is 0.0750 e. The van der Waals surface area contributed by atoms with Crippen molar-refractivity contribution in [1.82, 2.24) is 10.4 Å². The summed E-state index contributed by atoms with van der Waals surface area (Å²) >= 11 is 0. The molecule has 0 aromatic heterocycles. The van der Waals surface area contributed by atoms with E-state index in [1.165, 1.54) is 0 Å². The number of nitrogens with one attached hydrogen (secondary N) is 1. The second kappa shape index (κ2) is 5.29. The first-order chi connectivity index (χ1) is 6.95. The van der Waals surface area contributed by atoms with Crippen LogP contribution in [0.25, 0.3) is 0 Å². The highest BCUT2D eigenvalue weighted by Crippen LogP contribution is 2.12. The van der Waals surface area contributed by atoms with Gasteiger partial charge in [-0.15, -0.1) is 0 Å². The first kappa shape index (κ1) is 9.90. The predicted octanol–water partition coefficient (Wildman–Crippen LogP) is 0.956. The smallest absolute Gasteiger partial charge is 0.0750 e. The number of allylic oxidation sites excluding steroid dienone is 3. The fraction of sp³-hybridized carbons (Fsp3) is 0.636. The molecule has 1 N–H and O–H groups in total. The standard InChI is InChI=1S/C11H18N2O/c1-2-4-11(5-3-1)10-14-13-8-6-12-7-9-13/h1-4,11-12H,5-10H2. The van der Waals surface area contributed by atoms with E-state index in [0.717, 1.165) is 39.2 Å². The highest BCUT2D eigenvalue weighted by Gasteiger charge is 2.12. The Morgan fingerprint density at radius 3 is 2.86 bits per heavy atom. The van der Waals surface area contributed by atoms with Crippen molar-refractivity contribution in [2.45, 2.75) is 6.42 Å². The van der Waals surface area contributed by atoms with Crippen molar-refractivity contribution in [2.75, 3.05) is 32.8 Å². The molecule has 3 nitrogen and oxygen atoms in total. The van der Waals surface area contributed by atoms with Crippen molar-refractivity contribution < 1.29 is 4.84 Å². The van der Waals surface area contributed by atoms with Gasteiger partial charge < -0.3 is 5.32 Å². The molecule has 0 amide bonds. The Kier molecular flexibility index (Phi) is 3.74. The van der Waals surface area contributed by atoms with Gasteiger partial charge in [-0.05, 0) is 6.42 Å². The lowest BCUT2D eigenvalue weighted by molar-refractivity contribution is -0.170. The number of hydrogen-bond acceptors (Lipinski definition) is 3. The monoisotopic (exact) mass is 194 g/mol. The summed E-state index contributed by atoms with van der Waals surface area (Å²) in [7, 11) is 0. The number of piperazine rings is 1. The minimum Gasteiger partial charge on any atom is -0.314 e. The van der Waals surface area contributed by atoms with Crippen LogP contribution in [0.1, 0.15) is 6.42 Å². The highest BCUT2D eigenvalue weighted by molar-refractivity contribution is 5.10. The third kappa shape index (κ3) is 2.94. The summed E-state index contributed by atoms with van der Waals surface area (Å²) in [4.78, 5) is 5.73. The summed E-state index contributed by atoms with van der Waals surface area (Å²) in [5.74, 6) is 0.565. The summed E-state index contributed by atoms with van der Waals surface area (Å²) in [5, 5.41) is 5.38. The molecular weight excluding hydrogens is 176 g/mol. The Balaban J connectivity index is 1.66. The van der Waals surface area contributed by atoms with Crippen LogP contribution in [-0.2, 0) is 4.84 Å². The molecule has 2 aliphatic rings. The topological polar surface area (TPSA) is 24.5 Å². The van der Waals surface area contributed by atoms with E-state index in [2.05, 4.69) is 34.7 Å². The zero-order chi connectivity index (χ0) is 9.64. The molecule has 0 saturated carbocycles. The summed E-state index contributed by atoms with van der Waals surface area (Å²) in [6, 6.07) is 0. The molecule has 14 heavy (non-hydrogen) atoms. The Bertz CT molecular complexity index is 219. The predicted molar refractivity (Wildman–Crippen MR) is 56.8 cm³/mol. The second-order valence-corrected chi connectivity index (χ2v) is 3.78. The summed E-state index contributed by atoms with van der Waals surface area (Å²) in [5.41, 5.74) is 0. The molecule has 1 aliphatic carbocycles. The van der Waals surface area contributed by atoms with Crippen molar-refractivity contribution in [3.8, 4) is 0 Å². The molecule has 1 saturated heterocycles. The maximum absolute atomic E-state index is 5.73. The fourth-order valence-electron chi connectivity index (χ4n) is 1.73. The van der Waals surface area contributed by atoms with Gasteiger partial charge in [-0.25, -0.2) is 0 Å². The normalized spacial score (nSPS) is 28.1. The van der Waals surface area contributed by atoms with Crippen LogP contribution < -0.4 is 5.32 Å². The highest BCUT2D eigenvalue weighted by atomic mass is 16.7. The van der Waals surface area contributed by atoms with Crippen molar-refractivity contribution >= 4 is 0 Å². The third-order valence-corrected chi connectivity index (χ3v) is 2.62. The van der Waals surface area contributed by atoms with Crippen LogP contribution >= 0.6 is 0 Å². The molecule has 0 radical (unpaired) electrons. The average Bonchev–Trinajstić information content (AvgIpc) is 2.29. The average molecular weight is 194 g/mol. The van der Waals surface area contributed by atoms with E-state index >= 15 is 0 Å². The van der Waals surface area contributed by atoms with Crippen LogP contribution in [0.2, 0.25) is 0 Å². The fourth-order valence-corrected chi connectivity index (χ4v) is 1.73. The van der Waals surface area contributed by atoms with E-state index in [-0.39, 0.29) is 0 Å². The van der Waals surface area contributed by atoms with Gasteiger partial charge in [-0.3, -0.25) is 4.84 Å². The molecule has 1 aliphatic heterocycles. The van der Waals surface area contributed by atoms with E-state index in [9.17, 15) is 0 Å². The van der Waals surface area contributed by atoms with Crippen molar-refractivity contribution in [2.24, 2.45) is 5.92 Å². The molecule has 0 aromatic carbocycles. The lowest BCUT2D eigenvalue weighted by Gasteiger charge is -2.27. The van der Waals surface area contributed by atoms with E-state index in [1.54, 1.807) is 0 Å². The van der Waals surface area contributed by atoms with Gasteiger partial charge in [-0.1, -0.05) is 24.3 Å². The van der Waals surface area contributed by atoms with Crippen molar-refractivity contribution in [1.29, 1.82) is 0 Å². The molecule has 2 rings (SSSR count). The summed E-state index contributed by atoms with van der Waals surface area (Å²) in [6.45, 7) is 4.92. The number of nitrogens with zero attached hydrogens (tertiary/aromatic N) is 1. The van der Waals surface area contributed by atoms with Crippen LogP contribution in [0.3, 0.4) is 0 Å². The van der Waals surface area contributed by atoms with Crippen LogP contribution in [0.4, 0.5) is 0 Å². The molecule has 1 heterocycles. The molecule has 1 atom stereocenters. The Hall–Kier alpha value is -0.640. The quantitative estimate of drug-likeness (QED) is 0.724. The minimum absolute atomic E-state index is 0.565. The van der Waals surface area contributed by atoms with Gasteiger partial charge >= 0.3 is 0 Å².